The molecule has 18 heavy (non-hydrogen) atoms. The molecule has 0 atom stereocenters. The van der Waals surface area contributed by atoms with Crippen LogP contribution in [0.15, 0.2) is 23.1 Å². The first-order valence-electron chi connectivity index (χ1n) is 6.07. The molecule has 0 aromatic heterocycles. The molecule has 1 amide bonds. The molecule has 0 saturated heterocycles. The first-order chi connectivity index (χ1) is 8.79. The number of fused-ring (bicyclic) bond motifs is 1. The van der Waals surface area contributed by atoms with Gasteiger partial charge < -0.3 is 15.4 Å². The number of thioether (sulfide) groups is 1. The largest absolute Gasteiger partial charge is 0.380 e. The summed E-state index contributed by atoms with van der Waals surface area (Å²) in [6.45, 7) is 2.31. The van der Waals surface area contributed by atoms with Gasteiger partial charge in [0.25, 0.3) is 0 Å². The number of anilines is 1. The van der Waals surface area contributed by atoms with E-state index in [9.17, 15) is 4.79 Å². The fraction of sp³-hybridized carbons (Fsp3) is 0.462. The van der Waals surface area contributed by atoms with Gasteiger partial charge in [-0.25, -0.2) is 0 Å². The Labute approximate surface area is 111 Å². The second-order valence-electron chi connectivity index (χ2n) is 4.13. The van der Waals surface area contributed by atoms with Gasteiger partial charge in [-0.1, -0.05) is 6.07 Å². The smallest absolute Gasteiger partial charge is 0.234 e. The number of hydrogen-bond acceptors (Lipinski definition) is 4. The number of rotatable bonds is 6. The molecule has 1 heterocycles. The third-order valence-electron chi connectivity index (χ3n) is 2.71. The van der Waals surface area contributed by atoms with Gasteiger partial charge in [0, 0.05) is 11.4 Å². The second-order valence-corrected chi connectivity index (χ2v) is 5.15. The van der Waals surface area contributed by atoms with Crippen molar-refractivity contribution < 1.29 is 9.53 Å². The number of nitrogens with one attached hydrogen (secondary N) is 2. The first-order valence-corrected chi connectivity index (χ1v) is 7.06. The molecule has 98 valence electrons. The molecular weight excluding hydrogens is 248 g/mol. The highest BCUT2D eigenvalue weighted by Gasteiger charge is 2.15. The minimum atomic E-state index is 0.0786. The molecule has 1 aliphatic heterocycles. The highest BCUT2D eigenvalue weighted by molar-refractivity contribution is 8.00. The Hall–Kier alpha value is -1.04. The highest BCUT2D eigenvalue weighted by atomic mass is 32.2. The number of carbonyl (C=O) groups is 1. The number of ether oxygens (including phenoxy) is 1. The van der Waals surface area contributed by atoms with Gasteiger partial charge in [-0.3, -0.25) is 4.79 Å². The van der Waals surface area contributed by atoms with Gasteiger partial charge >= 0.3 is 0 Å². The van der Waals surface area contributed by atoms with Gasteiger partial charge in [0.05, 0.1) is 24.7 Å². The maximum atomic E-state index is 11.3. The van der Waals surface area contributed by atoms with E-state index in [1.165, 1.54) is 5.56 Å². The number of carbonyl (C=O) groups excluding carboxylic acids is 1. The molecule has 5 heteroatoms. The van der Waals surface area contributed by atoms with Crippen molar-refractivity contribution in [3.8, 4) is 0 Å². The van der Waals surface area contributed by atoms with Gasteiger partial charge in [-0.05, 0) is 31.2 Å². The Balaban J connectivity index is 1.86. The molecule has 0 radical (unpaired) electrons. The maximum absolute atomic E-state index is 11.3. The molecule has 0 spiro atoms. The van der Waals surface area contributed by atoms with E-state index in [0.717, 1.165) is 30.2 Å². The Bertz CT molecular complexity index is 423. The van der Waals surface area contributed by atoms with Gasteiger partial charge in [0.15, 0.2) is 0 Å². The van der Waals surface area contributed by atoms with E-state index in [0.29, 0.717) is 12.4 Å². The third-order valence-corrected chi connectivity index (χ3v) is 3.78. The van der Waals surface area contributed by atoms with E-state index in [4.69, 9.17) is 4.74 Å². The normalized spacial score (nSPS) is 14.2. The van der Waals surface area contributed by atoms with Crippen molar-refractivity contribution in [3.63, 3.8) is 0 Å². The Kier molecular flexibility index (Phi) is 5.04. The van der Waals surface area contributed by atoms with Gasteiger partial charge in [0.1, 0.15) is 0 Å². The lowest BCUT2D eigenvalue weighted by Gasteiger charge is -2.17. The highest BCUT2D eigenvalue weighted by Crippen LogP contribution is 2.31. The summed E-state index contributed by atoms with van der Waals surface area (Å²) in [5.74, 6) is 0.592. The minimum absolute atomic E-state index is 0.0786. The van der Waals surface area contributed by atoms with Crippen molar-refractivity contribution in [2.75, 3.05) is 37.9 Å². The lowest BCUT2D eigenvalue weighted by Crippen LogP contribution is -2.19. The van der Waals surface area contributed by atoms with Crippen LogP contribution in [0.25, 0.3) is 0 Å². The number of likely N-dealkylation sites (N-methyl/N-ethyl adjacent to an activating group) is 1. The van der Waals surface area contributed by atoms with Gasteiger partial charge in [-0.2, -0.15) is 0 Å². The van der Waals surface area contributed by atoms with Crippen LogP contribution >= 0.6 is 11.8 Å². The zero-order chi connectivity index (χ0) is 12.8. The third kappa shape index (κ3) is 3.73. The summed E-state index contributed by atoms with van der Waals surface area (Å²) in [6, 6.07) is 6.22. The van der Waals surface area contributed by atoms with Crippen molar-refractivity contribution in [1.29, 1.82) is 0 Å². The van der Waals surface area contributed by atoms with E-state index in [1.807, 2.05) is 13.1 Å². The molecule has 0 saturated carbocycles. The van der Waals surface area contributed by atoms with Gasteiger partial charge in [-0.15, -0.1) is 11.8 Å². The summed E-state index contributed by atoms with van der Waals surface area (Å²) in [7, 11) is 1.91. The van der Waals surface area contributed by atoms with Crippen molar-refractivity contribution in [1.82, 2.24) is 5.32 Å². The lowest BCUT2D eigenvalue weighted by molar-refractivity contribution is -0.113. The van der Waals surface area contributed by atoms with Crippen LogP contribution in [0.5, 0.6) is 0 Å². The van der Waals surface area contributed by atoms with E-state index < -0.39 is 0 Å². The van der Waals surface area contributed by atoms with Crippen LogP contribution < -0.4 is 10.6 Å². The Morgan fingerprint density at radius 1 is 1.44 bits per heavy atom. The summed E-state index contributed by atoms with van der Waals surface area (Å²) in [5.41, 5.74) is 2.13. The predicted octanol–water partition coefficient (Wildman–Crippen LogP) is 1.51. The zero-order valence-corrected chi connectivity index (χ0v) is 11.3. The maximum Gasteiger partial charge on any atom is 0.234 e. The fourth-order valence-electron chi connectivity index (χ4n) is 1.75. The number of hydrogen-bond donors (Lipinski definition) is 2. The van der Waals surface area contributed by atoms with E-state index in [1.54, 1.807) is 11.8 Å². The first kappa shape index (κ1) is 13.4. The second kappa shape index (κ2) is 6.78. The van der Waals surface area contributed by atoms with Gasteiger partial charge in [0.2, 0.25) is 5.91 Å². The quantitative estimate of drug-likeness (QED) is 0.766. The van der Waals surface area contributed by atoms with Crippen LogP contribution in [0, 0.1) is 0 Å². The van der Waals surface area contributed by atoms with Crippen molar-refractivity contribution in [3.05, 3.63) is 23.8 Å². The lowest BCUT2D eigenvalue weighted by atomic mass is 10.1. The SMILES string of the molecule is CNCCOCCc1ccc2c(c1)NC(=O)CS2. The predicted molar refractivity (Wildman–Crippen MR) is 74.2 cm³/mol. The van der Waals surface area contributed by atoms with Crippen molar-refractivity contribution in [2.45, 2.75) is 11.3 Å². The molecule has 0 bridgehead atoms. The summed E-state index contributed by atoms with van der Waals surface area (Å²) in [6.07, 6.45) is 0.873. The molecule has 0 fully saturated rings. The topological polar surface area (TPSA) is 50.4 Å². The molecule has 1 aliphatic rings. The zero-order valence-electron chi connectivity index (χ0n) is 10.5. The average molecular weight is 266 g/mol. The monoisotopic (exact) mass is 266 g/mol. The van der Waals surface area contributed by atoms with Crippen LogP contribution in [0.3, 0.4) is 0 Å². The molecule has 0 aliphatic carbocycles. The number of benzene rings is 1. The van der Waals surface area contributed by atoms with Crippen LogP contribution in [0.2, 0.25) is 0 Å². The molecule has 1 aromatic rings. The van der Waals surface area contributed by atoms with E-state index in [2.05, 4.69) is 22.8 Å². The van der Waals surface area contributed by atoms with Crippen LogP contribution in [0.1, 0.15) is 5.56 Å². The van der Waals surface area contributed by atoms with Crippen molar-refractivity contribution >= 4 is 23.4 Å². The van der Waals surface area contributed by atoms with Crippen LogP contribution in [-0.4, -0.2) is 38.5 Å². The van der Waals surface area contributed by atoms with E-state index in [-0.39, 0.29) is 5.91 Å². The average Bonchev–Trinajstić information content (AvgIpc) is 2.38. The summed E-state index contributed by atoms with van der Waals surface area (Å²) in [5, 5.41) is 5.94. The molecule has 2 rings (SSSR count). The Morgan fingerprint density at radius 3 is 3.17 bits per heavy atom. The summed E-state index contributed by atoms with van der Waals surface area (Å²) < 4.78 is 5.49. The van der Waals surface area contributed by atoms with E-state index >= 15 is 0 Å². The standard InChI is InChI=1S/C13H18N2O2S/c1-14-5-7-17-6-4-10-2-3-12-11(8-10)15-13(16)9-18-12/h2-3,8,14H,4-7,9H2,1H3,(H,15,16). The van der Waals surface area contributed by atoms with Crippen LogP contribution in [-0.2, 0) is 16.0 Å². The fourth-order valence-corrected chi connectivity index (χ4v) is 2.54. The van der Waals surface area contributed by atoms with Crippen molar-refractivity contribution in [2.24, 2.45) is 0 Å². The Morgan fingerprint density at radius 2 is 2.33 bits per heavy atom. The van der Waals surface area contributed by atoms with Crippen LogP contribution in [0.4, 0.5) is 5.69 Å². The minimum Gasteiger partial charge on any atom is -0.380 e. The molecule has 4 nitrogen and oxygen atoms in total. The molecule has 2 N–H and O–H groups in total. The summed E-state index contributed by atoms with van der Waals surface area (Å²) in [4.78, 5) is 12.5. The summed E-state index contributed by atoms with van der Waals surface area (Å²) >= 11 is 1.59. The molecule has 0 unspecified atom stereocenters. The molecule has 1 aromatic carbocycles. The number of amides is 1. The molecular formula is C13H18N2O2S.